The Kier molecular flexibility index (Phi) is 3.61. The van der Waals surface area contributed by atoms with Crippen LogP contribution >= 0.6 is 11.3 Å². The van der Waals surface area contributed by atoms with Gasteiger partial charge in [-0.15, -0.1) is 0 Å². The number of thiophene rings is 1. The molecule has 100 valence electrons. The number of carbonyl (C=O) groups is 1. The summed E-state index contributed by atoms with van der Waals surface area (Å²) >= 11 is 1.52. The van der Waals surface area contributed by atoms with E-state index in [9.17, 15) is 4.79 Å². The van der Waals surface area contributed by atoms with Crippen LogP contribution < -0.4 is 10.6 Å². The zero-order valence-electron chi connectivity index (χ0n) is 10.5. The first-order valence-corrected chi connectivity index (χ1v) is 7.35. The molecule has 2 N–H and O–H groups in total. The number of hydrogen-bond acceptors (Lipinski definition) is 4. The number of aromatic nitrogens is 2. The first-order valence-electron chi connectivity index (χ1n) is 6.41. The molecule has 3 heterocycles. The van der Waals surface area contributed by atoms with E-state index in [0.717, 1.165) is 31.6 Å². The number of hydrogen-bond donors (Lipinski definition) is 2. The van der Waals surface area contributed by atoms with Crippen molar-refractivity contribution < 1.29 is 4.79 Å². The lowest BCUT2D eigenvalue weighted by Gasteiger charge is -2.22. The molecule has 1 aliphatic heterocycles. The summed E-state index contributed by atoms with van der Waals surface area (Å²) in [5.74, 6) is -0.0777. The van der Waals surface area contributed by atoms with Gasteiger partial charge in [0.15, 0.2) is 0 Å². The van der Waals surface area contributed by atoms with Crippen LogP contribution in [0.2, 0.25) is 0 Å². The minimum Gasteiger partial charge on any atom is -0.319 e. The lowest BCUT2D eigenvalue weighted by atomic mass is 10.1. The predicted molar refractivity (Wildman–Crippen MR) is 75.6 cm³/mol. The molecule has 1 aliphatic rings. The molecule has 0 atom stereocenters. The predicted octanol–water partition coefficient (Wildman–Crippen LogP) is 2.12. The van der Waals surface area contributed by atoms with Crippen LogP contribution in [0.25, 0.3) is 0 Å². The third-order valence-corrected chi connectivity index (χ3v) is 4.01. The van der Waals surface area contributed by atoms with E-state index in [-0.39, 0.29) is 5.91 Å². The van der Waals surface area contributed by atoms with Crippen molar-refractivity contribution in [2.45, 2.75) is 18.9 Å². The van der Waals surface area contributed by atoms with Crippen molar-refractivity contribution in [3.8, 4) is 0 Å². The SMILES string of the molecule is O=C(Nc1cnn(C2CCNCC2)c1)c1ccsc1. The number of rotatable bonds is 3. The maximum absolute atomic E-state index is 11.9. The van der Waals surface area contributed by atoms with E-state index in [2.05, 4.69) is 15.7 Å². The van der Waals surface area contributed by atoms with Gasteiger partial charge < -0.3 is 10.6 Å². The van der Waals surface area contributed by atoms with Crippen molar-refractivity contribution in [2.24, 2.45) is 0 Å². The van der Waals surface area contributed by atoms with E-state index < -0.39 is 0 Å². The zero-order chi connectivity index (χ0) is 13.1. The average molecular weight is 276 g/mol. The number of carbonyl (C=O) groups excluding carboxylic acids is 1. The highest BCUT2D eigenvalue weighted by Gasteiger charge is 2.16. The van der Waals surface area contributed by atoms with Crippen LogP contribution in [-0.2, 0) is 0 Å². The van der Waals surface area contributed by atoms with Crippen molar-refractivity contribution in [3.05, 3.63) is 34.8 Å². The highest BCUT2D eigenvalue weighted by molar-refractivity contribution is 7.08. The van der Waals surface area contributed by atoms with E-state index in [1.165, 1.54) is 11.3 Å². The molecule has 1 amide bonds. The second-order valence-corrected chi connectivity index (χ2v) is 5.44. The van der Waals surface area contributed by atoms with Crippen molar-refractivity contribution in [2.75, 3.05) is 18.4 Å². The molecule has 3 rings (SSSR count). The summed E-state index contributed by atoms with van der Waals surface area (Å²) < 4.78 is 1.96. The van der Waals surface area contributed by atoms with Crippen LogP contribution in [0.4, 0.5) is 5.69 Å². The van der Waals surface area contributed by atoms with E-state index in [1.807, 2.05) is 27.7 Å². The minimum atomic E-state index is -0.0777. The second kappa shape index (κ2) is 5.54. The number of anilines is 1. The Labute approximate surface area is 115 Å². The molecule has 0 bridgehead atoms. The van der Waals surface area contributed by atoms with Gasteiger partial charge in [0, 0.05) is 11.6 Å². The van der Waals surface area contributed by atoms with Gasteiger partial charge in [0.25, 0.3) is 5.91 Å². The van der Waals surface area contributed by atoms with Crippen molar-refractivity contribution in [3.63, 3.8) is 0 Å². The molecule has 5 nitrogen and oxygen atoms in total. The fourth-order valence-corrected chi connectivity index (χ4v) is 2.91. The van der Waals surface area contributed by atoms with Crippen molar-refractivity contribution in [1.29, 1.82) is 0 Å². The molecule has 2 aromatic rings. The van der Waals surface area contributed by atoms with Crippen LogP contribution in [0.15, 0.2) is 29.2 Å². The lowest BCUT2D eigenvalue weighted by Crippen LogP contribution is -2.29. The molecule has 0 spiro atoms. The first kappa shape index (κ1) is 12.4. The number of piperidine rings is 1. The molecular formula is C13H16N4OS. The Morgan fingerprint density at radius 2 is 2.32 bits per heavy atom. The molecule has 0 aromatic carbocycles. The van der Waals surface area contributed by atoms with Crippen molar-refractivity contribution in [1.82, 2.24) is 15.1 Å². The fourth-order valence-electron chi connectivity index (χ4n) is 2.27. The molecule has 1 fully saturated rings. The quantitative estimate of drug-likeness (QED) is 0.903. The fraction of sp³-hybridized carbons (Fsp3) is 0.385. The lowest BCUT2D eigenvalue weighted by molar-refractivity contribution is 0.102. The smallest absolute Gasteiger partial charge is 0.256 e. The number of amides is 1. The van der Waals surface area contributed by atoms with Gasteiger partial charge in [-0.2, -0.15) is 16.4 Å². The van der Waals surface area contributed by atoms with Crippen molar-refractivity contribution >= 4 is 22.9 Å². The summed E-state index contributed by atoms with van der Waals surface area (Å²) in [6.45, 7) is 2.06. The van der Waals surface area contributed by atoms with Gasteiger partial charge in [-0.05, 0) is 37.4 Å². The Morgan fingerprint density at radius 3 is 3.05 bits per heavy atom. The highest BCUT2D eigenvalue weighted by Crippen LogP contribution is 2.20. The van der Waals surface area contributed by atoms with Gasteiger partial charge in [0.2, 0.25) is 0 Å². The maximum atomic E-state index is 11.9. The van der Waals surface area contributed by atoms with Gasteiger partial charge in [0.1, 0.15) is 0 Å². The standard InChI is InChI=1S/C13H16N4OS/c18-13(10-3-6-19-9-10)16-11-7-15-17(8-11)12-1-4-14-5-2-12/h3,6-9,12,14H,1-2,4-5H2,(H,16,18). The monoisotopic (exact) mass is 276 g/mol. The summed E-state index contributed by atoms with van der Waals surface area (Å²) in [7, 11) is 0. The normalized spacial score (nSPS) is 16.4. The molecule has 1 saturated heterocycles. The Bertz CT molecular complexity index is 543. The van der Waals surface area contributed by atoms with Crippen LogP contribution in [0.1, 0.15) is 29.2 Å². The molecule has 0 radical (unpaired) electrons. The highest BCUT2D eigenvalue weighted by atomic mass is 32.1. The van der Waals surface area contributed by atoms with Gasteiger partial charge >= 0.3 is 0 Å². The Balaban J connectivity index is 1.66. The van der Waals surface area contributed by atoms with Crippen LogP contribution in [0.3, 0.4) is 0 Å². The number of nitrogens with one attached hydrogen (secondary N) is 2. The van der Waals surface area contributed by atoms with Crippen LogP contribution in [0, 0.1) is 0 Å². The topological polar surface area (TPSA) is 59.0 Å². The van der Waals surface area contributed by atoms with Crippen LogP contribution in [0.5, 0.6) is 0 Å². The zero-order valence-corrected chi connectivity index (χ0v) is 11.3. The summed E-state index contributed by atoms with van der Waals surface area (Å²) in [6, 6.07) is 2.25. The van der Waals surface area contributed by atoms with Gasteiger partial charge in [-0.25, -0.2) is 0 Å². The molecule has 0 unspecified atom stereocenters. The molecule has 0 saturated carbocycles. The minimum absolute atomic E-state index is 0.0777. The largest absolute Gasteiger partial charge is 0.319 e. The van der Waals surface area contributed by atoms with E-state index in [1.54, 1.807) is 6.20 Å². The summed E-state index contributed by atoms with van der Waals surface area (Å²) in [5.41, 5.74) is 1.45. The van der Waals surface area contributed by atoms with Crippen LogP contribution in [-0.4, -0.2) is 28.8 Å². The average Bonchev–Trinajstić information content (AvgIpc) is 3.11. The molecular weight excluding hydrogens is 260 g/mol. The molecule has 6 heteroatoms. The summed E-state index contributed by atoms with van der Waals surface area (Å²) in [4.78, 5) is 11.9. The van der Waals surface area contributed by atoms with Gasteiger partial charge in [-0.1, -0.05) is 0 Å². The maximum Gasteiger partial charge on any atom is 0.256 e. The third kappa shape index (κ3) is 2.85. The third-order valence-electron chi connectivity index (χ3n) is 3.33. The Morgan fingerprint density at radius 1 is 1.47 bits per heavy atom. The molecule has 0 aliphatic carbocycles. The van der Waals surface area contributed by atoms with E-state index in [0.29, 0.717) is 11.6 Å². The Hall–Kier alpha value is -1.66. The van der Waals surface area contributed by atoms with E-state index in [4.69, 9.17) is 0 Å². The summed E-state index contributed by atoms with van der Waals surface area (Å²) in [6.07, 6.45) is 5.80. The summed E-state index contributed by atoms with van der Waals surface area (Å²) in [5, 5.41) is 14.3. The second-order valence-electron chi connectivity index (χ2n) is 4.66. The molecule has 2 aromatic heterocycles. The molecule has 19 heavy (non-hydrogen) atoms. The van der Waals surface area contributed by atoms with Gasteiger partial charge in [0.05, 0.1) is 23.5 Å². The first-order chi connectivity index (χ1) is 9.33. The number of nitrogens with zero attached hydrogens (tertiary/aromatic N) is 2. The van der Waals surface area contributed by atoms with Gasteiger partial charge in [-0.3, -0.25) is 9.48 Å². The van der Waals surface area contributed by atoms with E-state index >= 15 is 0 Å².